The van der Waals surface area contributed by atoms with E-state index in [9.17, 15) is 14.6 Å². The number of rotatable bonds is 4. The molecular weight excluding hydrogens is 394 g/mol. The average molecular weight is 417 g/mol. The van der Waals surface area contributed by atoms with E-state index in [0.717, 1.165) is 0 Å². The van der Waals surface area contributed by atoms with E-state index >= 15 is 0 Å². The van der Waals surface area contributed by atoms with Crippen molar-refractivity contribution < 1.29 is 19.3 Å². The largest absolute Gasteiger partial charge is 0.508 e. The van der Waals surface area contributed by atoms with Gasteiger partial charge in [0.25, 0.3) is 0 Å². The normalized spacial score (nSPS) is 16.6. The molecule has 1 aromatic heterocycles. The van der Waals surface area contributed by atoms with Crippen molar-refractivity contribution >= 4 is 29.0 Å². The zero-order chi connectivity index (χ0) is 19.0. The second-order valence-electron chi connectivity index (χ2n) is 6.55. The molecule has 2 heterocycles. The van der Waals surface area contributed by atoms with Gasteiger partial charge in [0.15, 0.2) is 11.6 Å². The lowest BCUT2D eigenvalue weighted by atomic mass is 10.0. The highest BCUT2D eigenvalue weighted by atomic mass is 35.5. The SMILES string of the molecule is C.CC(C)c1cc(Oc2c(Cl)c(F)nc(N3CC[C@@H](O)C3)c2Cl)ccc1O. The minimum Gasteiger partial charge on any atom is -0.508 e. The minimum atomic E-state index is -0.898. The van der Waals surface area contributed by atoms with Crippen LogP contribution >= 0.6 is 23.2 Å². The Balaban J connectivity index is 0.00000261. The first-order valence-electron chi connectivity index (χ1n) is 8.26. The summed E-state index contributed by atoms with van der Waals surface area (Å²) in [7, 11) is 0. The number of β-amino-alcohol motifs (C(OH)–C–C–N with tert-alkyl or cyclic N) is 1. The fraction of sp³-hybridized carbons (Fsp3) is 0.421. The fourth-order valence-electron chi connectivity index (χ4n) is 2.89. The van der Waals surface area contributed by atoms with Gasteiger partial charge in [-0.2, -0.15) is 9.37 Å². The van der Waals surface area contributed by atoms with E-state index in [1.54, 1.807) is 17.0 Å². The molecule has 1 aliphatic heterocycles. The summed E-state index contributed by atoms with van der Waals surface area (Å²) in [5.74, 6) is -0.170. The maximum absolute atomic E-state index is 14.2. The van der Waals surface area contributed by atoms with Crippen LogP contribution in [0.4, 0.5) is 10.2 Å². The number of ether oxygens (including phenoxy) is 1. The second kappa shape index (κ2) is 8.50. The molecular formula is C19H23Cl2FN2O3. The molecule has 0 unspecified atom stereocenters. The lowest BCUT2D eigenvalue weighted by molar-refractivity contribution is 0.198. The first-order chi connectivity index (χ1) is 12.3. The number of phenols is 1. The Bertz CT molecular complexity index is 833. The third-order valence-electron chi connectivity index (χ3n) is 4.28. The van der Waals surface area contributed by atoms with Crippen LogP contribution in [0.2, 0.25) is 10.0 Å². The fourth-order valence-corrected chi connectivity index (χ4v) is 3.41. The van der Waals surface area contributed by atoms with Gasteiger partial charge >= 0.3 is 0 Å². The van der Waals surface area contributed by atoms with Gasteiger partial charge in [0, 0.05) is 18.7 Å². The number of aromatic nitrogens is 1. The number of aliphatic hydroxyl groups excluding tert-OH is 1. The molecule has 3 rings (SSSR count). The number of phenolic OH excluding ortho intramolecular Hbond substituents is 1. The first kappa shape index (κ1) is 21.5. The zero-order valence-electron chi connectivity index (χ0n) is 14.3. The molecule has 1 saturated heterocycles. The van der Waals surface area contributed by atoms with Gasteiger partial charge in [0.2, 0.25) is 5.95 Å². The molecule has 0 radical (unpaired) electrons. The lowest BCUT2D eigenvalue weighted by Crippen LogP contribution is -2.23. The highest BCUT2D eigenvalue weighted by molar-refractivity contribution is 6.38. The third kappa shape index (κ3) is 4.39. The monoisotopic (exact) mass is 416 g/mol. The third-order valence-corrected chi connectivity index (χ3v) is 4.95. The van der Waals surface area contributed by atoms with Crippen molar-refractivity contribution in [3.63, 3.8) is 0 Å². The molecule has 1 aliphatic rings. The van der Waals surface area contributed by atoms with E-state index in [1.807, 2.05) is 13.8 Å². The standard InChI is InChI=1S/C18H19Cl2FN2O3.CH4/c1-9(2)12-7-11(3-4-13(12)25)26-16-14(19)17(21)22-18(15(16)20)23-6-5-10(24)8-23;/h3-4,7,9-10,24-25H,5-6,8H2,1-2H3;1H4/t10-;/m1./s1. The van der Waals surface area contributed by atoms with Gasteiger partial charge in [-0.05, 0) is 30.5 Å². The van der Waals surface area contributed by atoms with Crippen molar-refractivity contribution in [2.45, 2.75) is 39.7 Å². The number of aliphatic hydroxyl groups is 1. The Morgan fingerprint density at radius 3 is 2.59 bits per heavy atom. The summed E-state index contributed by atoms with van der Waals surface area (Å²) >= 11 is 12.4. The minimum absolute atomic E-state index is 0. The van der Waals surface area contributed by atoms with Crippen molar-refractivity contribution in [3.05, 3.63) is 39.8 Å². The Hall–Kier alpha value is -1.76. The van der Waals surface area contributed by atoms with Gasteiger partial charge < -0.3 is 19.8 Å². The number of pyridine rings is 1. The molecule has 27 heavy (non-hydrogen) atoms. The van der Waals surface area contributed by atoms with Crippen LogP contribution in [-0.2, 0) is 0 Å². The summed E-state index contributed by atoms with van der Waals surface area (Å²) in [4.78, 5) is 5.51. The van der Waals surface area contributed by atoms with Crippen molar-refractivity contribution in [2.75, 3.05) is 18.0 Å². The molecule has 2 N–H and O–H groups in total. The van der Waals surface area contributed by atoms with Crippen molar-refractivity contribution in [2.24, 2.45) is 0 Å². The molecule has 1 aromatic carbocycles. The second-order valence-corrected chi connectivity index (χ2v) is 7.31. The molecule has 1 fully saturated rings. The molecule has 0 aliphatic carbocycles. The van der Waals surface area contributed by atoms with Crippen molar-refractivity contribution in [1.29, 1.82) is 0 Å². The first-order valence-corrected chi connectivity index (χ1v) is 9.01. The van der Waals surface area contributed by atoms with Gasteiger partial charge in [-0.3, -0.25) is 0 Å². The van der Waals surface area contributed by atoms with Crippen LogP contribution in [0.1, 0.15) is 39.2 Å². The number of halogens is 3. The summed E-state index contributed by atoms with van der Waals surface area (Å²) in [6.07, 6.45) is 0.0374. The quantitative estimate of drug-likeness (QED) is 0.656. The summed E-state index contributed by atoms with van der Waals surface area (Å²) < 4.78 is 20.0. The van der Waals surface area contributed by atoms with Crippen molar-refractivity contribution in [1.82, 2.24) is 4.98 Å². The molecule has 5 nitrogen and oxygen atoms in total. The summed E-state index contributed by atoms with van der Waals surface area (Å²) in [6.45, 7) is 4.68. The molecule has 0 spiro atoms. The molecule has 2 aromatic rings. The highest BCUT2D eigenvalue weighted by Gasteiger charge is 2.28. The van der Waals surface area contributed by atoms with Crippen LogP contribution in [0.3, 0.4) is 0 Å². The van der Waals surface area contributed by atoms with Crippen molar-refractivity contribution in [3.8, 4) is 17.2 Å². The predicted octanol–water partition coefficient (Wildman–Crippen LogP) is 5.36. The van der Waals surface area contributed by atoms with E-state index in [1.165, 1.54) is 6.07 Å². The van der Waals surface area contributed by atoms with Crippen LogP contribution in [0.5, 0.6) is 17.2 Å². The molecule has 148 valence electrons. The molecule has 1 atom stereocenters. The van der Waals surface area contributed by atoms with E-state index < -0.39 is 12.1 Å². The van der Waals surface area contributed by atoms with Crippen LogP contribution in [0, 0.1) is 5.95 Å². The van der Waals surface area contributed by atoms with Gasteiger partial charge in [-0.1, -0.05) is 44.5 Å². The summed E-state index contributed by atoms with van der Waals surface area (Å²) in [5.41, 5.74) is 0.687. The maximum Gasteiger partial charge on any atom is 0.237 e. The number of nitrogens with zero attached hydrogens (tertiary/aromatic N) is 2. The molecule has 0 saturated carbocycles. The van der Waals surface area contributed by atoms with Crippen LogP contribution in [0.15, 0.2) is 18.2 Å². The lowest BCUT2D eigenvalue weighted by Gasteiger charge is -2.21. The van der Waals surface area contributed by atoms with Gasteiger partial charge in [0.05, 0.1) is 6.10 Å². The Kier molecular flexibility index (Phi) is 6.78. The Morgan fingerprint density at radius 2 is 2.00 bits per heavy atom. The summed E-state index contributed by atoms with van der Waals surface area (Å²) in [6, 6.07) is 4.71. The summed E-state index contributed by atoms with van der Waals surface area (Å²) in [5, 5.41) is 19.4. The predicted molar refractivity (Wildman–Crippen MR) is 106 cm³/mol. The number of hydrogen-bond donors (Lipinski definition) is 2. The number of benzene rings is 1. The highest BCUT2D eigenvalue weighted by Crippen LogP contribution is 2.43. The van der Waals surface area contributed by atoms with Crippen LogP contribution in [0.25, 0.3) is 0 Å². The smallest absolute Gasteiger partial charge is 0.237 e. The van der Waals surface area contributed by atoms with Gasteiger partial charge in [-0.25, -0.2) is 0 Å². The number of aromatic hydroxyl groups is 1. The molecule has 0 bridgehead atoms. The van der Waals surface area contributed by atoms with Crippen LogP contribution in [-0.4, -0.2) is 34.4 Å². The Morgan fingerprint density at radius 1 is 1.30 bits per heavy atom. The van der Waals surface area contributed by atoms with E-state index in [0.29, 0.717) is 30.8 Å². The van der Waals surface area contributed by atoms with E-state index in [2.05, 4.69) is 4.98 Å². The molecule has 0 amide bonds. The van der Waals surface area contributed by atoms with Gasteiger partial charge in [0.1, 0.15) is 21.5 Å². The zero-order valence-corrected chi connectivity index (χ0v) is 15.9. The Labute approximate surface area is 168 Å². The number of anilines is 1. The molecule has 8 heteroatoms. The number of hydrogen-bond acceptors (Lipinski definition) is 5. The van der Waals surface area contributed by atoms with Gasteiger partial charge in [-0.15, -0.1) is 0 Å². The average Bonchev–Trinajstić information content (AvgIpc) is 3.02. The van der Waals surface area contributed by atoms with E-state index in [-0.39, 0.29) is 40.7 Å². The maximum atomic E-state index is 14.2. The topological polar surface area (TPSA) is 65.8 Å². The van der Waals surface area contributed by atoms with E-state index in [4.69, 9.17) is 27.9 Å². The van der Waals surface area contributed by atoms with Crippen LogP contribution < -0.4 is 9.64 Å².